The van der Waals surface area contributed by atoms with Crippen molar-refractivity contribution in [3.63, 3.8) is 0 Å². The Morgan fingerprint density at radius 1 is 1.05 bits per heavy atom. The Balaban J connectivity index is 1.57. The summed E-state index contributed by atoms with van der Waals surface area (Å²) in [5.74, 6) is -0.304. The van der Waals surface area contributed by atoms with Crippen LogP contribution in [0.1, 0.15) is 55.4 Å². The Labute approximate surface area is 225 Å². The summed E-state index contributed by atoms with van der Waals surface area (Å²) >= 11 is 6.14. The monoisotopic (exact) mass is 533 g/mol. The summed E-state index contributed by atoms with van der Waals surface area (Å²) in [6.45, 7) is 2.05. The number of imidazole rings is 1. The molecule has 1 aliphatic carbocycles. The average molecular weight is 534 g/mol. The average Bonchev–Trinajstić information content (AvgIpc) is 3.28. The number of ether oxygens (including phenoxy) is 1. The van der Waals surface area contributed by atoms with Gasteiger partial charge in [0, 0.05) is 22.3 Å². The zero-order chi connectivity index (χ0) is 26.6. The van der Waals surface area contributed by atoms with Gasteiger partial charge in [-0.15, -0.1) is 0 Å². The van der Waals surface area contributed by atoms with Gasteiger partial charge in [0.15, 0.2) is 0 Å². The number of nitrogens with zero attached hydrogens (tertiary/aromatic N) is 2. The molecule has 0 bridgehead atoms. The lowest BCUT2D eigenvalue weighted by Gasteiger charge is -2.32. The third-order valence-corrected chi connectivity index (χ3v) is 7.31. The third-order valence-electron chi connectivity index (χ3n) is 7.06. The number of benzene rings is 3. The topological polar surface area (TPSA) is 73.2 Å². The highest BCUT2D eigenvalue weighted by molar-refractivity contribution is 6.30. The Hall–Kier alpha value is -3.71. The standard InChI is InChI=1S/C30H29ClFN3O3/c1-2-38-30(37)21-10-15-24(16-11-21)33-29(36)27(19-6-4-3-5-7-19)35-26-17-14-23(32)18-25(26)34-28(35)20-8-12-22(31)13-9-20/h8-19,27H,2-7H2,1H3,(H,33,36). The summed E-state index contributed by atoms with van der Waals surface area (Å²) in [6.07, 6.45) is 5.03. The number of nitrogens with one attached hydrogen (secondary N) is 1. The van der Waals surface area contributed by atoms with Crippen molar-refractivity contribution >= 4 is 40.2 Å². The van der Waals surface area contributed by atoms with E-state index in [-0.39, 0.29) is 17.6 Å². The maximum Gasteiger partial charge on any atom is 0.338 e. The van der Waals surface area contributed by atoms with Crippen molar-refractivity contribution in [2.75, 3.05) is 11.9 Å². The summed E-state index contributed by atoms with van der Waals surface area (Å²) in [4.78, 5) is 30.8. The van der Waals surface area contributed by atoms with Crippen LogP contribution in [0.15, 0.2) is 66.7 Å². The van der Waals surface area contributed by atoms with E-state index in [2.05, 4.69) is 5.32 Å². The number of hydrogen-bond acceptors (Lipinski definition) is 4. The molecule has 0 saturated heterocycles. The van der Waals surface area contributed by atoms with E-state index in [0.29, 0.717) is 39.7 Å². The minimum atomic E-state index is -0.568. The number of carbonyl (C=O) groups is 2. The molecule has 1 amide bonds. The molecule has 1 aromatic heterocycles. The first kappa shape index (κ1) is 25.9. The van der Waals surface area contributed by atoms with Crippen LogP contribution < -0.4 is 5.32 Å². The number of aromatic nitrogens is 2. The van der Waals surface area contributed by atoms with Crippen molar-refractivity contribution in [2.45, 2.75) is 45.1 Å². The quantitative estimate of drug-likeness (QED) is 0.251. The molecule has 1 atom stereocenters. The van der Waals surface area contributed by atoms with Crippen LogP contribution in [0, 0.1) is 11.7 Å². The largest absolute Gasteiger partial charge is 0.462 e. The summed E-state index contributed by atoms with van der Waals surface area (Å²) in [7, 11) is 0. The van der Waals surface area contributed by atoms with Crippen molar-refractivity contribution in [1.29, 1.82) is 0 Å². The second-order valence-corrected chi connectivity index (χ2v) is 10.0. The van der Waals surface area contributed by atoms with E-state index in [1.165, 1.54) is 12.1 Å². The fourth-order valence-corrected chi connectivity index (χ4v) is 5.39. The van der Waals surface area contributed by atoms with Gasteiger partial charge < -0.3 is 14.6 Å². The van der Waals surface area contributed by atoms with Crippen molar-refractivity contribution in [3.05, 3.63) is 83.1 Å². The molecule has 4 aromatic rings. The number of anilines is 1. The van der Waals surface area contributed by atoms with Crippen molar-refractivity contribution in [3.8, 4) is 11.4 Å². The van der Waals surface area contributed by atoms with Gasteiger partial charge in [0.2, 0.25) is 5.91 Å². The van der Waals surface area contributed by atoms with Gasteiger partial charge in [-0.1, -0.05) is 30.9 Å². The van der Waals surface area contributed by atoms with Crippen molar-refractivity contribution < 1.29 is 18.7 Å². The van der Waals surface area contributed by atoms with Crippen LogP contribution in [-0.2, 0) is 9.53 Å². The maximum absolute atomic E-state index is 14.2. The van der Waals surface area contributed by atoms with Crippen LogP contribution in [0.5, 0.6) is 0 Å². The fourth-order valence-electron chi connectivity index (χ4n) is 5.27. The van der Waals surface area contributed by atoms with E-state index in [9.17, 15) is 14.0 Å². The minimum Gasteiger partial charge on any atom is -0.462 e. The zero-order valence-electron chi connectivity index (χ0n) is 21.1. The molecular formula is C30H29ClFN3O3. The van der Waals surface area contributed by atoms with Crippen LogP contribution in [0.3, 0.4) is 0 Å². The molecule has 38 heavy (non-hydrogen) atoms. The summed E-state index contributed by atoms with van der Waals surface area (Å²) in [6, 6.07) is 17.9. The van der Waals surface area contributed by atoms with Crippen molar-refractivity contribution in [1.82, 2.24) is 9.55 Å². The van der Waals surface area contributed by atoms with Gasteiger partial charge in [0.05, 0.1) is 23.2 Å². The third kappa shape index (κ3) is 5.43. The molecular weight excluding hydrogens is 505 g/mol. The lowest BCUT2D eigenvalue weighted by molar-refractivity contribution is -0.121. The van der Waals surface area contributed by atoms with Gasteiger partial charge in [0.25, 0.3) is 0 Å². The van der Waals surface area contributed by atoms with Crippen LogP contribution in [0.4, 0.5) is 10.1 Å². The molecule has 8 heteroatoms. The molecule has 1 aliphatic rings. The number of amides is 1. The second kappa shape index (κ2) is 11.4. The lowest BCUT2D eigenvalue weighted by Crippen LogP contribution is -2.33. The molecule has 1 heterocycles. The summed E-state index contributed by atoms with van der Waals surface area (Å²) in [5.41, 5.74) is 2.97. The minimum absolute atomic E-state index is 0.0797. The molecule has 0 aliphatic heterocycles. The van der Waals surface area contributed by atoms with E-state index in [4.69, 9.17) is 21.3 Å². The zero-order valence-corrected chi connectivity index (χ0v) is 21.9. The molecule has 1 fully saturated rings. The summed E-state index contributed by atoms with van der Waals surface area (Å²) < 4.78 is 21.2. The van der Waals surface area contributed by atoms with E-state index in [0.717, 1.165) is 37.7 Å². The number of fused-ring (bicyclic) bond motifs is 1. The number of rotatable bonds is 7. The Morgan fingerprint density at radius 2 is 1.76 bits per heavy atom. The van der Waals surface area contributed by atoms with Gasteiger partial charge in [-0.05, 0) is 86.3 Å². The molecule has 1 N–H and O–H groups in total. The predicted octanol–water partition coefficient (Wildman–Crippen LogP) is 7.43. The van der Waals surface area contributed by atoms with Gasteiger partial charge in [-0.2, -0.15) is 0 Å². The molecule has 0 spiro atoms. The van der Waals surface area contributed by atoms with Crippen LogP contribution >= 0.6 is 11.6 Å². The summed E-state index contributed by atoms with van der Waals surface area (Å²) in [5, 5.41) is 3.65. The van der Waals surface area contributed by atoms with Crippen LogP contribution in [0.25, 0.3) is 22.4 Å². The molecule has 5 rings (SSSR count). The number of carbonyl (C=O) groups excluding carboxylic acids is 2. The van der Waals surface area contributed by atoms with Gasteiger partial charge >= 0.3 is 5.97 Å². The molecule has 1 saturated carbocycles. The predicted molar refractivity (Wildman–Crippen MR) is 147 cm³/mol. The van der Waals surface area contributed by atoms with E-state index < -0.39 is 12.0 Å². The molecule has 3 aromatic carbocycles. The highest BCUT2D eigenvalue weighted by atomic mass is 35.5. The van der Waals surface area contributed by atoms with Gasteiger partial charge in [-0.3, -0.25) is 4.79 Å². The smallest absolute Gasteiger partial charge is 0.338 e. The van der Waals surface area contributed by atoms with Crippen molar-refractivity contribution in [2.24, 2.45) is 5.92 Å². The maximum atomic E-state index is 14.2. The molecule has 196 valence electrons. The molecule has 1 unspecified atom stereocenters. The highest BCUT2D eigenvalue weighted by Crippen LogP contribution is 2.39. The number of esters is 1. The Morgan fingerprint density at radius 3 is 2.45 bits per heavy atom. The Bertz CT molecular complexity index is 1440. The molecule has 6 nitrogen and oxygen atoms in total. The first-order valence-electron chi connectivity index (χ1n) is 13.0. The van der Waals surface area contributed by atoms with Crippen LogP contribution in [0.2, 0.25) is 5.02 Å². The SMILES string of the molecule is CCOC(=O)c1ccc(NC(=O)C(C2CCCCC2)n2c(-c3ccc(Cl)cc3)nc3cc(F)ccc32)cc1. The normalized spacial score (nSPS) is 14.8. The lowest BCUT2D eigenvalue weighted by atomic mass is 9.83. The molecule has 0 radical (unpaired) electrons. The number of hydrogen-bond donors (Lipinski definition) is 1. The fraction of sp³-hybridized carbons (Fsp3) is 0.300. The van der Waals surface area contributed by atoms with Gasteiger partial charge in [-0.25, -0.2) is 14.2 Å². The van der Waals surface area contributed by atoms with E-state index in [1.54, 1.807) is 49.4 Å². The van der Waals surface area contributed by atoms with Gasteiger partial charge in [0.1, 0.15) is 17.7 Å². The second-order valence-electron chi connectivity index (χ2n) is 9.58. The van der Waals surface area contributed by atoms with E-state index >= 15 is 0 Å². The number of halogens is 2. The highest BCUT2D eigenvalue weighted by Gasteiger charge is 2.34. The first-order valence-corrected chi connectivity index (χ1v) is 13.3. The van der Waals surface area contributed by atoms with E-state index in [1.807, 2.05) is 16.7 Å². The van der Waals surface area contributed by atoms with Crippen LogP contribution in [-0.4, -0.2) is 28.0 Å². The first-order chi connectivity index (χ1) is 18.4. The Kier molecular flexibility index (Phi) is 7.74.